The number of benzene rings is 2. The van der Waals surface area contributed by atoms with E-state index in [1.165, 1.54) is 47.8 Å². The number of amides is 1. The highest BCUT2D eigenvalue weighted by molar-refractivity contribution is 7.92. The van der Waals surface area contributed by atoms with Gasteiger partial charge in [-0.1, -0.05) is 23.2 Å². The van der Waals surface area contributed by atoms with Crippen molar-refractivity contribution in [3.05, 3.63) is 46.4 Å². The van der Waals surface area contributed by atoms with E-state index in [1.807, 2.05) is 0 Å². The van der Waals surface area contributed by atoms with Gasteiger partial charge < -0.3 is 14.8 Å². The van der Waals surface area contributed by atoms with Crippen LogP contribution in [-0.2, 0) is 29.6 Å². The Labute approximate surface area is 208 Å². The number of methoxy groups -OCH3 is 1. The molecule has 1 heterocycles. The van der Waals surface area contributed by atoms with Gasteiger partial charge in [-0.2, -0.15) is 4.31 Å². The lowest BCUT2D eigenvalue weighted by molar-refractivity contribution is -0.114. The minimum Gasteiger partial charge on any atom is -0.495 e. The molecule has 0 spiro atoms. The summed E-state index contributed by atoms with van der Waals surface area (Å²) in [6.45, 7) is 0.399. The third kappa shape index (κ3) is 6.12. The van der Waals surface area contributed by atoms with Crippen molar-refractivity contribution in [3.63, 3.8) is 0 Å². The molecule has 186 valence electrons. The number of ether oxygens (including phenoxy) is 2. The van der Waals surface area contributed by atoms with Gasteiger partial charge in [-0.25, -0.2) is 16.8 Å². The first-order valence-corrected chi connectivity index (χ1v) is 14.0. The maximum absolute atomic E-state index is 13.0. The normalized spacial score (nSPS) is 15.1. The molecule has 1 saturated heterocycles. The Hall–Kier alpha value is -2.09. The molecular weight excluding hydrogens is 529 g/mol. The Balaban J connectivity index is 1.87. The van der Waals surface area contributed by atoms with Crippen LogP contribution in [0.3, 0.4) is 0 Å². The summed E-state index contributed by atoms with van der Waals surface area (Å²) in [4.78, 5) is 12.8. The summed E-state index contributed by atoms with van der Waals surface area (Å²) in [6.07, 6.45) is 0.943. The molecule has 0 saturated carbocycles. The molecule has 0 aromatic heterocycles. The second-order valence-electron chi connectivity index (χ2n) is 7.29. The van der Waals surface area contributed by atoms with E-state index in [1.54, 1.807) is 0 Å². The molecule has 34 heavy (non-hydrogen) atoms. The van der Waals surface area contributed by atoms with Crippen molar-refractivity contribution in [2.45, 2.75) is 4.90 Å². The highest BCUT2D eigenvalue weighted by atomic mass is 35.5. The first-order chi connectivity index (χ1) is 15.9. The average Bonchev–Trinajstić information content (AvgIpc) is 2.79. The fourth-order valence-corrected chi connectivity index (χ4v) is 5.82. The van der Waals surface area contributed by atoms with Crippen molar-refractivity contribution in [1.82, 2.24) is 4.31 Å². The van der Waals surface area contributed by atoms with Gasteiger partial charge in [-0.15, -0.1) is 0 Å². The lowest BCUT2D eigenvalue weighted by Gasteiger charge is -2.26. The SMILES string of the molecule is COc1ccc(S(=O)(=O)N2CCOCC2)cc1NC(=O)CN(c1ccc(Cl)c(Cl)c1)S(C)(=O)=O. The molecule has 3 rings (SSSR count). The van der Waals surface area contributed by atoms with Crippen LogP contribution in [0.2, 0.25) is 10.0 Å². The predicted octanol–water partition coefficient (Wildman–Crippen LogP) is 2.43. The number of hydrogen-bond donors (Lipinski definition) is 1. The van der Waals surface area contributed by atoms with Crippen LogP contribution in [0.4, 0.5) is 11.4 Å². The fourth-order valence-electron chi connectivity index (χ4n) is 3.24. The number of carbonyl (C=O) groups is 1. The Morgan fingerprint density at radius 3 is 2.35 bits per heavy atom. The van der Waals surface area contributed by atoms with E-state index in [4.69, 9.17) is 32.7 Å². The molecule has 0 aliphatic carbocycles. The predicted molar refractivity (Wildman–Crippen MR) is 130 cm³/mol. The largest absolute Gasteiger partial charge is 0.495 e. The molecule has 14 heteroatoms. The first-order valence-electron chi connectivity index (χ1n) is 9.92. The molecule has 1 amide bonds. The van der Waals surface area contributed by atoms with Gasteiger partial charge in [0.2, 0.25) is 26.0 Å². The zero-order valence-corrected chi connectivity index (χ0v) is 21.5. The van der Waals surface area contributed by atoms with E-state index in [-0.39, 0.29) is 58.4 Å². The first kappa shape index (κ1) is 26.5. The number of nitrogens with one attached hydrogen (secondary N) is 1. The topological polar surface area (TPSA) is 122 Å². The Morgan fingerprint density at radius 2 is 1.76 bits per heavy atom. The molecule has 2 aromatic rings. The van der Waals surface area contributed by atoms with Crippen molar-refractivity contribution in [2.24, 2.45) is 0 Å². The number of carbonyl (C=O) groups excluding carboxylic acids is 1. The summed E-state index contributed by atoms with van der Waals surface area (Å²) in [5, 5.41) is 2.89. The van der Waals surface area contributed by atoms with E-state index >= 15 is 0 Å². The number of halogens is 2. The molecular formula is C20H23Cl2N3O7S2. The minimum atomic E-state index is -3.87. The Morgan fingerprint density at radius 1 is 1.09 bits per heavy atom. The number of hydrogen-bond acceptors (Lipinski definition) is 7. The van der Waals surface area contributed by atoms with Gasteiger partial charge in [0.05, 0.1) is 52.9 Å². The summed E-state index contributed by atoms with van der Waals surface area (Å²) < 4.78 is 63.3. The van der Waals surface area contributed by atoms with Gasteiger partial charge in [0.25, 0.3) is 0 Å². The number of nitrogens with zero attached hydrogens (tertiary/aromatic N) is 2. The summed E-state index contributed by atoms with van der Waals surface area (Å²) in [7, 11) is -6.34. The van der Waals surface area contributed by atoms with Gasteiger partial charge in [0.1, 0.15) is 12.3 Å². The molecule has 1 N–H and O–H groups in total. The third-order valence-corrected chi connectivity index (χ3v) is 8.71. The maximum Gasteiger partial charge on any atom is 0.245 e. The van der Waals surface area contributed by atoms with Crippen LogP contribution in [0.5, 0.6) is 5.75 Å². The third-order valence-electron chi connectivity index (χ3n) is 4.93. The van der Waals surface area contributed by atoms with Gasteiger partial charge in [0.15, 0.2) is 0 Å². The van der Waals surface area contributed by atoms with E-state index in [9.17, 15) is 21.6 Å². The summed E-state index contributed by atoms with van der Waals surface area (Å²) >= 11 is 11.9. The van der Waals surface area contributed by atoms with E-state index < -0.39 is 32.5 Å². The van der Waals surface area contributed by atoms with Crippen LogP contribution < -0.4 is 14.4 Å². The molecule has 1 fully saturated rings. The molecule has 0 bridgehead atoms. The van der Waals surface area contributed by atoms with Gasteiger partial charge in [-0.05, 0) is 36.4 Å². The Bertz CT molecular complexity index is 1280. The quantitative estimate of drug-likeness (QED) is 0.534. The smallest absolute Gasteiger partial charge is 0.245 e. The van der Waals surface area contributed by atoms with Gasteiger partial charge in [0, 0.05) is 13.1 Å². The molecule has 1 aliphatic heterocycles. The van der Waals surface area contributed by atoms with E-state index in [2.05, 4.69) is 5.32 Å². The minimum absolute atomic E-state index is 0.0463. The van der Waals surface area contributed by atoms with E-state index in [0.29, 0.717) is 0 Å². The van der Waals surface area contributed by atoms with Crippen LogP contribution in [0.25, 0.3) is 0 Å². The monoisotopic (exact) mass is 551 g/mol. The van der Waals surface area contributed by atoms with Crippen LogP contribution >= 0.6 is 23.2 Å². The zero-order valence-electron chi connectivity index (χ0n) is 18.3. The number of anilines is 2. The maximum atomic E-state index is 13.0. The van der Waals surface area contributed by atoms with Crippen LogP contribution in [0.1, 0.15) is 0 Å². The number of morpholine rings is 1. The van der Waals surface area contributed by atoms with Crippen molar-refractivity contribution in [1.29, 1.82) is 0 Å². The summed E-state index contributed by atoms with van der Waals surface area (Å²) in [5.41, 5.74) is 0.215. The van der Waals surface area contributed by atoms with Crippen molar-refractivity contribution < 1.29 is 31.1 Å². The second kappa shape index (κ2) is 10.7. The van der Waals surface area contributed by atoms with Crippen LogP contribution in [0, 0.1) is 0 Å². The molecule has 1 aliphatic rings. The molecule has 0 unspecified atom stereocenters. The highest BCUT2D eigenvalue weighted by Gasteiger charge is 2.28. The standard InChI is InChI=1S/C20H23Cl2N3O7S2/c1-31-19-6-4-15(34(29,30)24-7-9-32-10-8-24)12-18(19)23-20(26)13-25(33(2,27)28)14-3-5-16(21)17(22)11-14/h3-6,11-12H,7-10,13H2,1-2H3,(H,23,26). The van der Waals surface area contributed by atoms with Crippen molar-refractivity contribution >= 4 is 60.5 Å². The highest BCUT2D eigenvalue weighted by Crippen LogP contribution is 2.31. The van der Waals surface area contributed by atoms with E-state index in [0.717, 1.165) is 10.6 Å². The van der Waals surface area contributed by atoms with Crippen LogP contribution in [0.15, 0.2) is 41.3 Å². The number of rotatable bonds is 8. The van der Waals surface area contributed by atoms with Gasteiger partial charge in [-0.3, -0.25) is 9.10 Å². The molecule has 2 aromatic carbocycles. The lowest BCUT2D eigenvalue weighted by atomic mass is 10.3. The Kier molecular flexibility index (Phi) is 8.32. The fraction of sp³-hybridized carbons (Fsp3) is 0.350. The zero-order chi connectivity index (χ0) is 25.1. The second-order valence-corrected chi connectivity index (χ2v) is 12.0. The molecule has 0 radical (unpaired) electrons. The summed E-state index contributed by atoms with van der Waals surface area (Å²) in [6, 6.07) is 8.21. The van der Waals surface area contributed by atoms with Crippen molar-refractivity contribution in [2.75, 3.05) is 55.8 Å². The van der Waals surface area contributed by atoms with Gasteiger partial charge >= 0.3 is 0 Å². The lowest BCUT2D eigenvalue weighted by Crippen LogP contribution is -2.40. The van der Waals surface area contributed by atoms with Crippen molar-refractivity contribution in [3.8, 4) is 5.75 Å². The number of sulfonamides is 2. The molecule has 10 nitrogen and oxygen atoms in total. The average molecular weight is 552 g/mol. The summed E-state index contributed by atoms with van der Waals surface area (Å²) in [5.74, 6) is -0.523. The van der Waals surface area contributed by atoms with Crippen LogP contribution in [-0.4, -0.2) is 73.3 Å². The molecule has 0 atom stereocenters.